The molecule has 1 fully saturated rings. The first-order valence-electron chi connectivity index (χ1n) is 7.37. The molecule has 0 amide bonds. The smallest absolute Gasteiger partial charge is 0.243 e. The van der Waals surface area contributed by atoms with Crippen molar-refractivity contribution in [2.45, 2.75) is 18.2 Å². The minimum absolute atomic E-state index is 0.185. The lowest BCUT2D eigenvalue weighted by molar-refractivity contribution is 0.0730. The summed E-state index contributed by atoms with van der Waals surface area (Å²) in [6.07, 6.45) is 0.932. The highest BCUT2D eigenvalue weighted by atomic mass is 35.5. The van der Waals surface area contributed by atoms with Crippen LogP contribution in [0.15, 0.2) is 23.1 Å². The second kappa shape index (κ2) is 8.25. The minimum atomic E-state index is -3.56. The van der Waals surface area contributed by atoms with Crippen LogP contribution in [0.25, 0.3) is 0 Å². The molecular weight excluding hydrogens is 358 g/mol. The Kier molecular flexibility index (Phi) is 6.60. The van der Waals surface area contributed by atoms with Crippen LogP contribution in [0.4, 0.5) is 5.69 Å². The third kappa shape index (κ3) is 4.77. The lowest BCUT2D eigenvalue weighted by Crippen LogP contribution is -2.40. The van der Waals surface area contributed by atoms with Gasteiger partial charge in [0.25, 0.3) is 0 Å². The summed E-state index contributed by atoms with van der Waals surface area (Å²) in [6, 6.07) is 4.56. The zero-order chi connectivity index (χ0) is 16.9. The Hall–Kier alpha value is -0.930. The average molecular weight is 378 g/mol. The van der Waals surface area contributed by atoms with Crippen LogP contribution in [0.3, 0.4) is 0 Å². The highest BCUT2D eigenvalue weighted by Gasteiger charge is 2.26. The number of hydrogen-bond donors (Lipinski definition) is 2. The molecule has 0 radical (unpaired) electrons. The average Bonchev–Trinajstić information content (AvgIpc) is 2.55. The SMILES string of the molecule is CCCNC(=S)Nc1cc(S(=O)(=O)N2CCOCC2)ccc1Cl. The van der Waals surface area contributed by atoms with Gasteiger partial charge in [-0.15, -0.1) is 0 Å². The Labute approximate surface area is 147 Å². The molecule has 1 aromatic carbocycles. The van der Waals surface area contributed by atoms with Gasteiger partial charge in [0, 0.05) is 19.6 Å². The molecule has 0 bridgehead atoms. The van der Waals surface area contributed by atoms with Crippen molar-refractivity contribution < 1.29 is 13.2 Å². The number of ether oxygens (including phenoxy) is 1. The van der Waals surface area contributed by atoms with Gasteiger partial charge in [-0.25, -0.2) is 8.42 Å². The van der Waals surface area contributed by atoms with E-state index < -0.39 is 10.0 Å². The van der Waals surface area contributed by atoms with E-state index in [0.717, 1.165) is 13.0 Å². The fourth-order valence-corrected chi connectivity index (χ4v) is 3.91. The molecule has 128 valence electrons. The molecule has 0 spiro atoms. The van der Waals surface area contributed by atoms with E-state index in [-0.39, 0.29) is 4.90 Å². The lowest BCUT2D eigenvalue weighted by Gasteiger charge is -2.26. The Morgan fingerprint density at radius 1 is 1.39 bits per heavy atom. The molecule has 1 saturated heterocycles. The number of rotatable bonds is 5. The summed E-state index contributed by atoms with van der Waals surface area (Å²) >= 11 is 11.3. The van der Waals surface area contributed by atoms with Gasteiger partial charge in [-0.1, -0.05) is 18.5 Å². The van der Waals surface area contributed by atoms with Crippen LogP contribution in [0.5, 0.6) is 0 Å². The largest absolute Gasteiger partial charge is 0.379 e. The van der Waals surface area contributed by atoms with Gasteiger partial charge in [0.1, 0.15) is 0 Å². The first-order valence-corrected chi connectivity index (χ1v) is 9.60. The summed E-state index contributed by atoms with van der Waals surface area (Å²) in [5.41, 5.74) is 0.467. The number of hydrogen-bond acceptors (Lipinski definition) is 4. The van der Waals surface area contributed by atoms with E-state index in [0.29, 0.717) is 42.1 Å². The van der Waals surface area contributed by atoms with Crippen molar-refractivity contribution in [2.75, 3.05) is 38.2 Å². The van der Waals surface area contributed by atoms with Crippen LogP contribution >= 0.6 is 23.8 Å². The standard InChI is InChI=1S/C14H20ClN3O3S2/c1-2-5-16-14(22)17-13-10-11(3-4-12(13)15)23(19,20)18-6-8-21-9-7-18/h3-4,10H,2,5-9H2,1H3,(H2,16,17,22). The van der Waals surface area contributed by atoms with E-state index in [1.165, 1.54) is 16.4 Å². The van der Waals surface area contributed by atoms with Crippen molar-refractivity contribution in [1.29, 1.82) is 0 Å². The quantitative estimate of drug-likeness (QED) is 0.765. The topological polar surface area (TPSA) is 70.7 Å². The maximum Gasteiger partial charge on any atom is 0.243 e. The number of benzene rings is 1. The minimum Gasteiger partial charge on any atom is -0.379 e. The summed E-state index contributed by atoms with van der Waals surface area (Å²) in [4.78, 5) is 0.185. The first-order chi connectivity index (χ1) is 10.9. The van der Waals surface area contributed by atoms with Crippen molar-refractivity contribution in [3.05, 3.63) is 23.2 Å². The van der Waals surface area contributed by atoms with Gasteiger partial charge in [0.2, 0.25) is 10.0 Å². The van der Waals surface area contributed by atoms with E-state index in [1.807, 2.05) is 6.92 Å². The highest BCUT2D eigenvalue weighted by molar-refractivity contribution is 7.89. The van der Waals surface area contributed by atoms with E-state index in [9.17, 15) is 8.42 Å². The molecule has 9 heteroatoms. The molecule has 1 heterocycles. The molecular formula is C14H20ClN3O3S2. The summed E-state index contributed by atoms with van der Waals surface area (Å²) in [6.45, 7) is 4.27. The van der Waals surface area contributed by atoms with E-state index in [4.69, 9.17) is 28.6 Å². The molecule has 6 nitrogen and oxygen atoms in total. The van der Waals surface area contributed by atoms with Crippen molar-refractivity contribution in [3.63, 3.8) is 0 Å². The van der Waals surface area contributed by atoms with Crippen molar-refractivity contribution >= 4 is 44.6 Å². The third-order valence-corrected chi connectivity index (χ3v) is 5.80. The fourth-order valence-electron chi connectivity index (χ4n) is 2.10. The molecule has 2 rings (SSSR count). The van der Waals surface area contributed by atoms with E-state index in [2.05, 4.69) is 10.6 Å². The van der Waals surface area contributed by atoms with Gasteiger partial charge in [-0.05, 0) is 36.8 Å². The second-order valence-corrected chi connectivity index (χ2v) is 7.79. The zero-order valence-corrected chi connectivity index (χ0v) is 15.2. The number of halogens is 1. The molecule has 0 atom stereocenters. The summed E-state index contributed by atoms with van der Waals surface area (Å²) in [7, 11) is -3.56. The lowest BCUT2D eigenvalue weighted by atomic mass is 10.3. The zero-order valence-electron chi connectivity index (χ0n) is 12.8. The Morgan fingerprint density at radius 2 is 2.09 bits per heavy atom. The molecule has 1 aromatic rings. The van der Waals surface area contributed by atoms with Crippen LogP contribution in [0, 0.1) is 0 Å². The van der Waals surface area contributed by atoms with Gasteiger partial charge in [-0.2, -0.15) is 4.31 Å². The molecule has 2 N–H and O–H groups in total. The third-order valence-electron chi connectivity index (χ3n) is 3.33. The Bertz CT molecular complexity index is 661. The summed E-state index contributed by atoms with van der Waals surface area (Å²) < 4.78 is 31.9. The molecule has 0 unspecified atom stereocenters. The monoisotopic (exact) mass is 377 g/mol. The van der Waals surface area contributed by atoms with Crippen molar-refractivity contribution in [1.82, 2.24) is 9.62 Å². The van der Waals surface area contributed by atoms with E-state index in [1.54, 1.807) is 6.07 Å². The molecule has 1 aliphatic heterocycles. The van der Waals surface area contributed by atoms with Gasteiger partial charge < -0.3 is 15.4 Å². The van der Waals surface area contributed by atoms with Gasteiger partial charge in [0.05, 0.1) is 28.8 Å². The molecule has 23 heavy (non-hydrogen) atoms. The number of anilines is 1. The number of thiocarbonyl (C=S) groups is 1. The van der Waals surface area contributed by atoms with Gasteiger partial charge >= 0.3 is 0 Å². The van der Waals surface area contributed by atoms with Gasteiger partial charge in [-0.3, -0.25) is 0 Å². The van der Waals surface area contributed by atoms with Crippen LogP contribution in [0.2, 0.25) is 5.02 Å². The van der Waals surface area contributed by atoms with E-state index >= 15 is 0 Å². The van der Waals surface area contributed by atoms with Crippen LogP contribution < -0.4 is 10.6 Å². The summed E-state index contributed by atoms with van der Waals surface area (Å²) in [5.74, 6) is 0. The maximum absolute atomic E-state index is 12.7. The predicted molar refractivity (Wildman–Crippen MR) is 95.5 cm³/mol. The fraction of sp³-hybridized carbons (Fsp3) is 0.500. The number of nitrogens with one attached hydrogen (secondary N) is 2. The van der Waals surface area contributed by atoms with Crippen LogP contribution in [0.1, 0.15) is 13.3 Å². The number of nitrogens with zero attached hydrogens (tertiary/aromatic N) is 1. The van der Waals surface area contributed by atoms with Crippen LogP contribution in [-0.4, -0.2) is 50.7 Å². The van der Waals surface area contributed by atoms with Crippen molar-refractivity contribution in [3.8, 4) is 0 Å². The predicted octanol–water partition coefficient (Wildman–Crippen LogP) is 2.06. The molecule has 0 saturated carbocycles. The molecule has 1 aliphatic rings. The Balaban J connectivity index is 2.20. The second-order valence-electron chi connectivity index (χ2n) is 5.04. The first kappa shape index (κ1) is 18.4. The van der Waals surface area contributed by atoms with Gasteiger partial charge in [0.15, 0.2) is 5.11 Å². The molecule has 0 aromatic heterocycles. The number of sulfonamides is 1. The highest BCUT2D eigenvalue weighted by Crippen LogP contribution is 2.27. The van der Waals surface area contributed by atoms with Crippen molar-refractivity contribution in [2.24, 2.45) is 0 Å². The molecule has 0 aliphatic carbocycles. The maximum atomic E-state index is 12.7. The number of morpholine rings is 1. The summed E-state index contributed by atoms with van der Waals surface area (Å²) in [5, 5.41) is 6.78. The Morgan fingerprint density at radius 3 is 2.74 bits per heavy atom. The van der Waals surface area contributed by atoms with Crippen LogP contribution in [-0.2, 0) is 14.8 Å². The normalized spacial score (nSPS) is 16.1.